The van der Waals surface area contributed by atoms with Crippen molar-refractivity contribution in [1.82, 2.24) is 5.32 Å². The zero-order valence-electron chi connectivity index (χ0n) is 5.98. The van der Waals surface area contributed by atoms with Gasteiger partial charge in [-0.1, -0.05) is 13.8 Å². The fourth-order valence-corrected chi connectivity index (χ4v) is 1.04. The van der Waals surface area contributed by atoms with Crippen molar-refractivity contribution in [1.29, 1.82) is 0 Å². The summed E-state index contributed by atoms with van der Waals surface area (Å²) in [6, 6.07) is 0. The van der Waals surface area contributed by atoms with Gasteiger partial charge in [0.1, 0.15) is 0 Å². The number of hydrogen-bond donors (Lipinski definition) is 1. The first-order valence-corrected chi connectivity index (χ1v) is 3.47. The number of amides is 1. The summed E-state index contributed by atoms with van der Waals surface area (Å²) in [7, 11) is 0. The van der Waals surface area contributed by atoms with Crippen LogP contribution >= 0.6 is 0 Å². The van der Waals surface area contributed by atoms with Gasteiger partial charge in [0.05, 0.1) is 0 Å². The molecule has 1 aliphatic rings. The van der Waals surface area contributed by atoms with Gasteiger partial charge in [-0.15, -0.1) is 0 Å². The second kappa shape index (κ2) is 2.38. The van der Waals surface area contributed by atoms with Gasteiger partial charge in [0.2, 0.25) is 5.91 Å². The molecule has 0 aromatic carbocycles. The van der Waals surface area contributed by atoms with Gasteiger partial charge in [-0.2, -0.15) is 0 Å². The third-order valence-electron chi connectivity index (χ3n) is 2.10. The average molecular weight is 127 g/mol. The summed E-state index contributed by atoms with van der Waals surface area (Å²) in [5.74, 6) is 1.43. The molecule has 2 nitrogen and oxygen atoms in total. The molecule has 1 saturated heterocycles. The van der Waals surface area contributed by atoms with Gasteiger partial charge in [0.15, 0.2) is 0 Å². The summed E-state index contributed by atoms with van der Waals surface area (Å²) < 4.78 is 0. The molecule has 1 amide bonds. The Morgan fingerprint density at radius 2 is 2.11 bits per heavy atom. The summed E-state index contributed by atoms with van der Waals surface area (Å²) in [5.41, 5.74) is 0. The molecule has 1 N–H and O–H groups in total. The molecule has 1 fully saturated rings. The Kier molecular flexibility index (Phi) is 1.74. The standard InChI is InChI=1S/C7H13NO/c1-5-3-7(9)8-4-6(5)2/h5-6H,3-4H2,1-2H3,(H,8,9). The predicted octanol–water partition coefficient (Wildman–Crippen LogP) is 0.778. The lowest BCUT2D eigenvalue weighted by molar-refractivity contribution is -0.124. The summed E-state index contributed by atoms with van der Waals surface area (Å²) >= 11 is 0. The lowest BCUT2D eigenvalue weighted by atomic mass is 9.90. The summed E-state index contributed by atoms with van der Waals surface area (Å²) in [6.45, 7) is 5.16. The number of rotatable bonds is 0. The Morgan fingerprint density at radius 3 is 2.56 bits per heavy atom. The highest BCUT2D eigenvalue weighted by Crippen LogP contribution is 2.17. The molecule has 0 radical (unpaired) electrons. The highest BCUT2D eigenvalue weighted by atomic mass is 16.1. The fourth-order valence-electron chi connectivity index (χ4n) is 1.04. The van der Waals surface area contributed by atoms with E-state index in [9.17, 15) is 4.79 Å². The van der Waals surface area contributed by atoms with Crippen LogP contribution in [0, 0.1) is 11.8 Å². The van der Waals surface area contributed by atoms with E-state index in [-0.39, 0.29) is 5.91 Å². The van der Waals surface area contributed by atoms with Gasteiger partial charge < -0.3 is 5.32 Å². The minimum Gasteiger partial charge on any atom is -0.356 e. The van der Waals surface area contributed by atoms with Crippen molar-refractivity contribution < 1.29 is 4.79 Å². The molecule has 2 atom stereocenters. The van der Waals surface area contributed by atoms with Crippen LogP contribution in [0.1, 0.15) is 20.3 Å². The minimum atomic E-state index is 0.209. The molecule has 52 valence electrons. The van der Waals surface area contributed by atoms with Crippen LogP contribution in [0.4, 0.5) is 0 Å². The summed E-state index contributed by atoms with van der Waals surface area (Å²) in [5, 5.41) is 2.82. The van der Waals surface area contributed by atoms with Crippen molar-refractivity contribution in [3.05, 3.63) is 0 Å². The monoisotopic (exact) mass is 127 g/mol. The molecule has 0 bridgehead atoms. The number of carbonyl (C=O) groups excluding carboxylic acids is 1. The topological polar surface area (TPSA) is 29.1 Å². The van der Waals surface area contributed by atoms with Gasteiger partial charge in [-0.3, -0.25) is 4.79 Å². The quantitative estimate of drug-likeness (QED) is 0.512. The maximum Gasteiger partial charge on any atom is 0.220 e. The van der Waals surface area contributed by atoms with E-state index >= 15 is 0 Å². The van der Waals surface area contributed by atoms with Crippen molar-refractivity contribution in [3.8, 4) is 0 Å². The van der Waals surface area contributed by atoms with Crippen molar-refractivity contribution in [2.45, 2.75) is 20.3 Å². The smallest absolute Gasteiger partial charge is 0.220 e. The van der Waals surface area contributed by atoms with Gasteiger partial charge >= 0.3 is 0 Å². The molecule has 0 spiro atoms. The molecule has 9 heavy (non-hydrogen) atoms. The number of hydrogen-bond acceptors (Lipinski definition) is 1. The molecule has 2 unspecified atom stereocenters. The van der Waals surface area contributed by atoms with E-state index in [1.54, 1.807) is 0 Å². The maximum atomic E-state index is 10.7. The van der Waals surface area contributed by atoms with Crippen LogP contribution in [0.15, 0.2) is 0 Å². The highest BCUT2D eigenvalue weighted by molar-refractivity contribution is 5.76. The van der Waals surface area contributed by atoms with Gasteiger partial charge in [0, 0.05) is 13.0 Å². The van der Waals surface area contributed by atoms with Crippen LogP contribution in [-0.2, 0) is 4.79 Å². The summed E-state index contributed by atoms with van der Waals surface area (Å²) in [6.07, 6.45) is 0.709. The first kappa shape index (κ1) is 6.59. The molecule has 0 aliphatic carbocycles. The largest absolute Gasteiger partial charge is 0.356 e. The van der Waals surface area contributed by atoms with Gasteiger partial charge in [0.25, 0.3) is 0 Å². The first-order valence-electron chi connectivity index (χ1n) is 3.47. The number of carbonyl (C=O) groups is 1. The van der Waals surface area contributed by atoms with Crippen LogP contribution in [0.5, 0.6) is 0 Å². The zero-order valence-corrected chi connectivity index (χ0v) is 5.98. The molecule has 2 heteroatoms. The third kappa shape index (κ3) is 1.44. The molecule has 0 saturated carbocycles. The second-order valence-electron chi connectivity index (χ2n) is 2.96. The molecular formula is C7H13NO. The van der Waals surface area contributed by atoms with Crippen molar-refractivity contribution >= 4 is 5.91 Å². The average Bonchev–Trinajstić information content (AvgIpc) is 1.80. The molecule has 1 rings (SSSR count). The first-order chi connectivity index (χ1) is 4.20. The zero-order chi connectivity index (χ0) is 6.85. The predicted molar refractivity (Wildman–Crippen MR) is 36.0 cm³/mol. The molecule has 1 aliphatic heterocycles. The van der Waals surface area contributed by atoms with Crippen LogP contribution in [-0.4, -0.2) is 12.5 Å². The van der Waals surface area contributed by atoms with E-state index in [0.717, 1.165) is 6.54 Å². The lowest BCUT2D eigenvalue weighted by Gasteiger charge is -2.25. The van der Waals surface area contributed by atoms with E-state index < -0.39 is 0 Å². The Morgan fingerprint density at radius 1 is 1.44 bits per heavy atom. The maximum absolute atomic E-state index is 10.7. The SMILES string of the molecule is CC1CNC(=O)CC1C. The van der Waals surface area contributed by atoms with E-state index in [2.05, 4.69) is 19.2 Å². The normalized spacial score (nSPS) is 36.0. The summed E-state index contributed by atoms with van der Waals surface area (Å²) in [4.78, 5) is 10.7. The van der Waals surface area contributed by atoms with Crippen molar-refractivity contribution in [3.63, 3.8) is 0 Å². The minimum absolute atomic E-state index is 0.209. The van der Waals surface area contributed by atoms with E-state index in [0.29, 0.717) is 18.3 Å². The van der Waals surface area contributed by atoms with Crippen LogP contribution in [0.25, 0.3) is 0 Å². The highest BCUT2D eigenvalue weighted by Gasteiger charge is 2.20. The van der Waals surface area contributed by atoms with Crippen LogP contribution in [0.3, 0.4) is 0 Å². The Balaban J connectivity index is 2.44. The lowest BCUT2D eigenvalue weighted by Crippen LogP contribution is -2.38. The van der Waals surface area contributed by atoms with Crippen molar-refractivity contribution in [2.75, 3.05) is 6.54 Å². The van der Waals surface area contributed by atoms with E-state index in [4.69, 9.17) is 0 Å². The van der Waals surface area contributed by atoms with Crippen LogP contribution in [0.2, 0.25) is 0 Å². The molecule has 0 aromatic heterocycles. The second-order valence-corrected chi connectivity index (χ2v) is 2.96. The fraction of sp³-hybridized carbons (Fsp3) is 0.857. The number of nitrogens with one attached hydrogen (secondary N) is 1. The number of piperidine rings is 1. The van der Waals surface area contributed by atoms with E-state index in [1.807, 2.05) is 0 Å². The molecule has 0 aromatic rings. The molecular weight excluding hydrogens is 114 g/mol. The Hall–Kier alpha value is -0.530. The molecule has 1 heterocycles. The van der Waals surface area contributed by atoms with Gasteiger partial charge in [-0.05, 0) is 11.8 Å². The third-order valence-corrected chi connectivity index (χ3v) is 2.10. The Bertz CT molecular complexity index is 122. The van der Waals surface area contributed by atoms with E-state index in [1.165, 1.54) is 0 Å². The van der Waals surface area contributed by atoms with Gasteiger partial charge in [-0.25, -0.2) is 0 Å². The van der Waals surface area contributed by atoms with Crippen LogP contribution < -0.4 is 5.32 Å². The Labute approximate surface area is 55.6 Å². The van der Waals surface area contributed by atoms with Crippen molar-refractivity contribution in [2.24, 2.45) is 11.8 Å².